The molecule has 1 aromatic heterocycles. The van der Waals surface area contributed by atoms with Crippen molar-refractivity contribution in [3.8, 4) is 0 Å². The summed E-state index contributed by atoms with van der Waals surface area (Å²) in [5.74, 6) is -0.117. The maximum Gasteiger partial charge on any atom is 0.322 e. The molecule has 0 spiro atoms. The maximum absolute atomic E-state index is 12.5. The number of aromatic nitrogens is 1. The SMILES string of the molecule is CC1CN(CCNC(=O)c2ccc(NC(=O)N3Cc4cccnc4C3)cc2)CC(C)O1. The van der Waals surface area contributed by atoms with E-state index in [-0.39, 0.29) is 24.1 Å². The van der Waals surface area contributed by atoms with E-state index in [1.165, 1.54) is 0 Å². The normalized spacial score (nSPS) is 20.9. The van der Waals surface area contributed by atoms with Crippen LogP contribution in [0, 0.1) is 0 Å². The molecule has 2 aromatic rings. The summed E-state index contributed by atoms with van der Waals surface area (Å²) in [5, 5.41) is 5.86. The van der Waals surface area contributed by atoms with Crippen LogP contribution >= 0.6 is 0 Å². The predicted octanol–water partition coefficient (Wildman–Crippen LogP) is 2.47. The third-order valence-electron chi connectivity index (χ3n) is 5.58. The highest BCUT2D eigenvalue weighted by Gasteiger charge is 2.24. The maximum atomic E-state index is 12.5. The van der Waals surface area contributed by atoms with Crippen LogP contribution in [0.25, 0.3) is 0 Å². The minimum atomic E-state index is -0.177. The number of carbonyl (C=O) groups is 2. The fourth-order valence-electron chi connectivity index (χ4n) is 4.15. The minimum Gasteiger partial charge on any atom is -0.373 e. The number of pyridine rings is 1. The summed E-state index contributed by atoms with van der Waals surface area (Å²) in [5.41, 5.74) is 3.23. The Balaban J connectivity index is 1.23. The van der Waals surface area contributed by atoms with Crippen molar-refractivity contribution in [2.75, 3.05) is 31.5 Å². The molecule has 31 heavy (non-hydrogen) atoms. The van der Waals surface area contributed by atoms with E-state index in [9.17, 15) is 9.59 Å². The van der Waals surface area contributed by atoms with Crippen LogP contribution in [0.1, 0.15) is 35.5 Å². The highest BCUT2D eigenvalue weighted by atomic mass is 16.5. The summed E-state index contributed by atoms with van der Waals surface area (Å²) in [7, 11) is 0. The Bertz CT molecular complexity index is 898. The molecule has 2 atom stereocenters. The second-order valence-corrected chi connectivity index (χ2v) is 8.25. The molecule has 1 saturated heterocycles. The van der Waals surface area contributed by atoms with E-state index in [0.717, 1.165) is 30.9 Å². The smallest absolute Gasteiger partial charge is 0.322 e. The lowest BCUT2D eigenvalue weighted by Crippen LogP contribution is -2.47. The third kappa shape index (κ3) is 5.39. The van der Waals surface area contributed by atoms with Crippen molar-refractivity contribution in [3.05, 3.63) is 59.4 Å². The van der Waals surface area contributed by atoms with Gasteiger partial charge in [0.15, 0.2) is 0 Å². The number of hydrogen-bond donors (Lipinski definition) is 2. The number of benzene rings is 1. The van der Waals surface area contributed by atoms with E-state index >= 15 is 0 Å². The molecule has 0 saturated carbocycles. The molecule has 3 amide bonds. The Morgan fingerprint density at radius 3 is 2.55 bits per heavy atom. The first-order valence-electron chi connectivity index (χ1n) is 10.7. The van der Waals surface area contributed by atoms with Gasteiger partial charge in [0.2, 0.25) is 0 Å². The van der Waals surface area contributed by atoms with Crippen molar-refractivity contribution in [3.63, 3.8) is 0 Å². The number of ether oxygens (including phenoxy) is 1. The summed E-state index contributed by atoms with van der Waals surface area (Å²) in [6.45, 7) is 8.34. The molecule has 0 aliphatic carbocycles. The molecule has 3 heterocycles. The third-order valence-corrected chi connectivity index (χ3v) is 5.58. The van der Waals surface area contributed by atoms with Gasteiger partial charge in [-0.05, 0) is 49.7 Å². The lowest BCUT2D eigenvalue weighted by molar-refractivity contribution is -0.0672. The topological polar surface area (TPSA) is 86.8 Å². The highest BCUT2D eigenvalue weighted by Crippen LogP contribution is 2.21. The van der Waals surface area contributed by atoms with Gasteiger partial charge in [0, 0.05) is 50.2 Å². The van der Waals surface area contributed by atoms with Gasteiger partial charge in [0.1, 0.15) is 0 Å². The van der Waals surface area contributed by atoms with Gasteiger partial charge >= 0.3 is 6.03 Å². The van der Waals surface area contributed by atoms with Crippen molar-refractivity contribution < 1.29 is 14.3 Å². The van der Waals surface area contributed by atoms with Crippen molar-refractivity contribution >= 4 is 17.6 Å². The standard InChI is InChI=1S/C23H29N5O3/c1-16-12-27(13-17(2)31-16)11-10-25-22(29)18-5-7-20(8-6-18)26-23(30)28-14-19-4-3-9-24-21(19)15-28/h3-9,16-17H,10-15H2,1-2H3,(H,25,29)(H,26,30). The van der Waals surface area contributed by atoms with Crippen molar-refractivity contribution in [1.82, 2.24) is 20.1 Å². The summed E-state index contributed by atoms with van der Waals surface area (Å²) < 4.78 is 5.74. The van der Waals surface area contributed by atoms with Crippen LogP contribution in [0.3, 0.4) is 0 Å². The summed E-state index contributed by atoms with van der Waals surface area (Å²) >= 11 is 0. The number of anilines is 1. The van der Waals surface area contributed by atoms with Gasteiger partial charge in [-0.3, -0.25) is 14.7 Å². The van der Waals surface area contributed by atoms with Crippen LogP contribution in [-0.2, 0) is 17.8 Å². The largest absolute Gasteiger partial charge is 0.373 e. The molecule has 2 aliphatic heterocycles. The van der Waals surface area contributed by atoms with E-state index in [1.807, 2.05) is 12.1 Å². The first-order chi connectivity index (χ1) is 15.0. The number of carbonyl (C=O) groups excluding carboxylic acids is 2. The summed E-state index contributed by atoms with van der Waals surface area (Å²) in [6, 6.07) is 10.6. The van der Waals surface area contributed by atoms with E-state index < -0.39 is 0 Å². The van der Waals surface area contributed by atoms with Gasteiger partial charge in [-0.2, -0.15) is 0 Å². The number of hydrogen-bond acceptors (Lipinski definition) is 5. The van der Waals surface area contributed by atoms with Crippen LogP contribution in [0.15, 0.2) is 42.6 Å². The molecule has 8 heteroatoms. The Hall–Kier alpha value is -2.97. The lowest BCUT2D eigenvalue weighted by Gasteiger charge is -2.35. The van der Waals surface area contributed by atoms with E-state index in [0.29, 0.717) is 30.9 Å². The van der Waals surface area contributed by atoms with E-state index in [2.05, 4.69) is 34.4 Å². The predicted molar refractivity (Wildman–Crippen MR) is 118 cm³/mol. The molecule has 1 aromatic carbocycles. The lowest BCUT2D eigenvalue weighted by atomic mass is 10.2. The molecule has 164 valence electrons. The molecule has 1 fully saturated rings. The van der Waals surface area contributed by atoms with Gasteiger partial charge in [0.25, 0.3) is 5.91 Å². The second-order valence-electron chi connectivity index (χ2n) is 8.25. The van der Waals surface area contributed by atoms with Crippen LogP contribution in [0.5, 0.6) is 0 Å². The van der Waals surface area contributed by atoms with Crippen LogP contribution in [0.4, 0.5) is 10.5 Å². The zero-order chi connectivity index (χ0) is 21.8. The number of nitrogens with zero attached hydrogens (tertiary/aromatic N) is 3. The van der Waals surface area contributed by atoms with Gasteiger partial charge < -0.3 is 20.3 Å². The highest BCUT2D eigenvalue weighted by molar-refractivity contribution is 5.95. The fraction of sp³-hybridized carbons (Fsp3) is 0.435. The van der Waals surface area contributed by atoms with Gasteiger partial charge in [0.05, 0.1) is 24.4 Å². The van der Waals surface area contributed by atoms with E-state index in [4.69, 9.17) is 4.74 Å². The molecule has 4 rings (SSSR count). The zero-order valence-electron chi connectivity index (χ0n) is 18.0. The Kier molecular flexibility index (Phi) is 6.48. The molecule has 2 N–H and O–H groups in total. The first-order valence-corrected chi connectivity index (χ1v) is 10.7. The molecule has 8 nitrogen and oxygen atoms in total. The molecular weight excluding hydrogens is 394 g/mol. The molecule has 0 radical (unpaired) electrons. The van der Waals surface area contributed by atoms with Gasteiger partial charge in [-0.15, -0.1) is 0 Å². The van der Waals surface area contributed by atoms with Crippen LogP contribution in [0.2, 0.25) is 0 Å². The Labute approximate surface area is 182 Å². The average molecular weight is 424 g/mol. The quantitative estimate of drug-likeness (QED) is 0.772. The van der Waals surface area contributed by atoms with Gasteiger partial charge in [-0.25, -0.2) is 4.79 Å². The number of morpholine rings is 1. The van der Waals surface area contributed by atoms with Crippen molar-refractivity contribution in [2.45, 2.75) is 39.1 Å². The first kappa shape index (κ1) is 21.3. The minimum absolute atomic E-state index is 0.117. The van der Waals surface area contributed by atoms with E-state index in [1.54, 1.807) is 35.4 Å². The average Bonchev–Trinajstić information content (AvgIpc) is 3.18. The number of fused-ring (bicyclic) bond motifs is 1. The van der Waals surface area contributed by atoms with Crippen molar-refractivity contribution in [2.24, 2.45) is 0 Å². The van der Waals surface area contributed by atoms with Crippen LogP contribution < -0.4 is 10.6 Å². The van der Waals surface area contributed by atoms with Gasteiger partial charge in [-0.1, -0.05) is 6.07 Å². The fourth-order valence-corrected chi connectivity index (χ4v) is 4.15. The molecule has 2 aliphatic rings. The molecule has 0 bridgehead atoms. The van der Waals surface area contributed by atoms with Crippen LogP contribution in [-0.4, -0.2) is 65.1 Å². The Morgan fingerprint density at radius 1 is 1.10 bits per heavy atom. The number of rotatable bonds is 5. The second kappa shape index (κ2) is 9.45. The summed E-state index contributed by atoms with van der Waals surface area (Å²) in [4.78, 5) is 33.3. The number of amides is 3. The van der Waals surface area contributed by atoms with Crippen molar-refractivity contribution in [1.29, 1.82) is 0 Å². The number of nitrogens with one attached hydrogen (secondary N) is 2. The molecule has 2 unspecified atom stereocenters. The number of urea groups is 1. The molecular formula is C23H29N5O3. The monoisotopic (exact) mass is 423 g/mol. The zero-order valence-corrected chi connectivity index (χ0v) is 18.0. The summed E-state index contributed by atoms with van der Waals surface area (Å²) in [6.07, 6.45) is 2.17. The Morgan fingerprint density at radius 2 is 1.84 bits per heavy atom.